The number of fused-ring (bicyclic) bond motifs is 1. The minimum absolute atomic E-state index is 0.0196. The van der Waals surface area contributed by atoms with E-state index in [2.05, 4.69) is 5.32 Å². The summed E-state index contributed by atoms with van der Waals surface area (Å²) in [5, 5.41) is 4.43. The van der Waals surface area contributed by atoms with Crippen molar-refractivity contribution in [2.45, 2.75) is 23.8 Å². The Balaban J connectivity index is 1.47. The van der Waals surface area contributed by atoms with Gasteiger partial charge >= 0.3 is 0 Å². The van der Waals surface area contributed by atoms with Crippen LogP contribution in [0.5, 0.6) is 0 Å². The quantitative estimate of drug-likeness (QED) is 0.361. The molecule has 0 aliphatic carbocycles. The highest BCUT2D eigenvalue weighted by Gasteiger charge is 2.41. The second-order valence-electron chi connectivity index (χ2n) is 9.45. The number of sulfonamides is 1. The van der Waals surface area contributed by atoms with E-state index in [1.165, 1.54) is 34.7 Å². The van der Waals surface area contributed by atoms with Crippen LogP contribution in [0.3, 0.4) is 0 Å². The molecule has 0 spiro atoms. The summed E-state index contributed by atoms with van der Waals surface area (Å²) in [6.07, 6.45) is 2.46. The van der Waals surface area contributed by atoms with E-state index in [9.17, 15) is 22.8 Å². The van der Waals surface area contributed by atoms with Gasteiger partial charge in [-0.3, -0.25) is 19.0 Å². The molecule has 206 valence electrons. The molecule has 11 heteroatoms. The molecule has 1 aliphatic rings. The van der Waals surface area contributed by atoms with Gasteiger partial charge in [0.1, 0.15) is 6.04 Å². The van der Waals surface area contributed by atoms with E-state index in [0.717, 1.165) is 9.69 Å². The first-order chi connectivity index (χ1) is 19.2. The molecule has 1 fully saturated rings. The lowest BCUT2D eigenvalue weighted by molar-refractivity contribution is -0.125. The van der Waals surface area contributed by atoms with Crippen LogP contribution >= 0.6 is 11.6 Å². The number of halogens is 1. The third kappa shape index (κ3) is 5.38. The van der Waals surface area contributed by atoms with Crippen molar-refractivity contribution in [3.63, 3.8) is 0 Å². The number of nitrogens with one attached hydrogen (secondary N) is 1. The topological polar surface area (TPSA) is 109 Å². The fraction of sp³-hybridized carbons (Fsp3) is 0.207. The summed E-state index contributed by atoms with van der Waals surface area (Å²) in [6, 6.07) is 20.5. The number of hydrogen-bond donors (Lipinski definition) is 1. The largest absolute Gasteiger partial charge is 0.358 e. The van der Waals surface area contributed by atoms with Gasteiger partial charge in [-0.2, -0.15) is 4.31 Å². The van der Waals surface area contributed by atoms with E-state index < -0.39 is 34.4 Å². The molecule has 1 unspecified atom stereocenters. The maximum Gasteiger partial charge on any atom is 0.255 e. The van der Waals surface area contributed by atoms with E-state index in [4.69, 9.17) is 11.6 Å². The normalized spacial score (nSPS) is 15.9. The Morgan fingerprint density at radius 3 is 2.40 bits per heavy atom. The van der Waals surface area contributed by atoms with Crippen molar-refractivity contribution < 1.29 is 18.0 Å². The van der Waals surface area contributed by atoms with Crippen molar-refractivity contribution in [2.75, 3.05) is 25.0 Å². The molecule has 4 aromatic rings. The molecule has 40 heavy (non-hydrogen) atoms. The molecule has 3 aromatic carbocycles. The molecule has 0 bridgehead atoms. The Hall–Kier alpha value is -3.99. The predicted octanol–water partition coefficient (Wildman–Crippen LogP) is 3.58. The van der Waals surface area contributed by atoms with Gasteiger partial charge in [-0.1, -0.05) is 29.8 Å². The lowest BCUT2D eigenvalue weighted by Crippen LogP contribution is -2.56. The van der Waals surface area contributed by atoms with Crippen molar-refractivity contribution in [3.05, 3.63) is 100 Å². The highest BCUT2D eigenvalue weighted by molar-refractivity contribution is 7.89. The first-order valence-electron chi connectivity index (χ1n) is 12.7. The van der Waals surface area contributed by atoms with Gasteiger partial charge in [0.05, 0.1) is 11.4 Å². The number of hydrogen-bond acceptors (Lipinski definition) is 5. The van der Waals surface area contributed by atoms with Crippen molar-refractivity contribution in [1.29, 1.82) is 0 Å². The van der Waals surface area contributed by atoms with E-state index in [1.807, 2.05) is 0 Å². The Morgan fingerprint density at radius 1 is 0.975 bits per heavy atom. The summed E-state index contributed by atoms with van der Waals surface area (Å²) in [5.41, 5.74) is 1.02. The summed E-state index contributed by atoms with van der Waals surface area (Å²) >= 11 is 6.07. The fourth-order valence-electron chi connectivity index (χ4n) is 4.89. The van der Waals surface area contributed by atoms with Gasteiger partial charge in [0.15, 0.2) is 0 Å². The predicted molar refractivity (Wildman–Crippen MR) is 154 cm³/mol. The van der Waals surface area contributed by atoms with Gasteiger partial charge in [-0.25, -0.2) is 8.42 Å². The summed E-state index contributed by atoms with van der Waals surface area (Å²) in [7, 11) is -2.82. The standard InChI is InChI=1S/C29H27ClN4O5S/c1-31-27(35)19-34(40(38,39)25-14-8-20-17-22(30)9-7-21(20)18-25)26-5-4-16-33(29(26)37)24-12-10-23(11-13-24)32-15-3-2-6-28(32)36/h2-3,6-15,17-18,26H,4-5,16,19H2,1H3,(H,31,35). The van der Waals surface area contributed by atoms with Crippen LogP contribution in [0.2, 0.25) is 5.02 Å². The zero-order valence-electron chi connectivity index (χ0n) is 21.7. The second-order valence-corrected chi connectivity index (χ2v) is 11.8. The molecule has 0 radical (unpaired) electrons. The van der Waals surface area contributed by atoms with Crippen LogP contribution in [0, 0.1) is 0 Å². The van der Waals surface area contributed by atoms with Crippen LogP contribution in [-0.4, -0.2) is 55.3 Å². The molecule has 1 aliphatic heterocycles. The van der Waals surface area contributed by atoms with Crippen LogP contribution in [0.4, 0.5) is 5.69 Å². The van der Waals surface area contributed by atoms with Crippen LogP contribution in [-0.2, 0) is 19.6 Å². The Kier molecular flexibility index (Phi) is 7.75. The van der Waals surface area contributed by atoms with Crippen molar-refractivity contribution >= 4 is 49.9 Å². The number of anilines is 1. The molecule has 2 heterocycles. The number of likely N-dealkylation sites (N-methyl/N-ethyl adjacent to an activating group) is 1. The molecule has 1 atom stereocenters. The number of carbonyl (C=O) groups excluding carboxylic acids is 2. The Labute approximate surface area is 236 Å². The number of piperidine rings is 1. The highest BCUT2D eigenvalue weighted by Crippen LogP contribution is 2.30. The number of pyridine rings is 1. The van der Waals surface area contributed by atoms with Gasteiger partial charge in [-0.15, -0.1) is 0 Å². The molecule has 5 rings (SSSR count). The number of carbonyl (C=O) groups is 2. The summed E-state index contributed by atoms with van der Waals surface area (Å²) in [6.45, 7) is -0.109. The molecule has 9 nitrogen and oxygen atoms in total. The number of benzene rings is 3. The average molecular weight is 579 g/mol. The zero-order valence-corrected chi connectivity index (χ0v) is 23.2. The molecular weight excluding hydrogens is 552 g/mol. The third-order valence-electron chi connectivity index (χ3n) is 6.98. The fourth-order valence-corrected chi connectivity index (χ4v) is 6.67. The van der Waals surface area contributed by atoms with Crippen LogP contribution in [0.25, 0.3) is 16.5 Å². The first-order valence-corrected chi connectivity index (χ1v) is 14.5. The second kappa shape index (κ2) is 11.2. The SMILES string of the molecule is CNC(=O)CN(C1CCCN(c2ccc(-n3ccccc3=O)cc2)C1=O)S(=O)(=O)c1ccc2cc(Cl)ccc2c1. The zero-order chi connectivity index (χ0) is 28.4. The maximum atomic E-state index is 13.9. The maximum absolute atomic E-state index is 13.9. The molecule has 1 aromatic heterocycles. The molecule has 1 saturated heterocycles. The van der Waals surface area contributed by atoms with E-state index in [1.54, 1.807) is 66.9 Å². The number of rotatable bonds is 7. The third-order valence-corrected chi connectivity index (χ3v) is 9.06. The summed E-state index contributed by atoms with van der Waals surface area (Å²) in [5.74, 6) is -0.949. The van der Waals surface area contributed by atoms with Crippen LogP contribution < -0.4 is 15.8 Å². The van der Waals surface area contributed by atoms with E-state index in [-0.39, 0.29) is 16.9 Å². The summed E-state index contributed by atoms with van der Waals surface area (Å²) in [4.78, 5) is 40.0. The Bertz CT molecular complexity index is 1750. The van der Waals surface area contributed by atoms with Crippen LogP contribution in [0.15, 0.2) is 94.7 Å². The number of aromatic nitrogens is 1. The van der Waals surface area contributed by atoms with E-state index in [0.29, 0.717) is 34.7 Å². The lowest BCUT2D eigenvalue weighted by Gasteiger charge is -2.37. The molecule has 1 N–H and O–H groups in total. The van der Waals surface area contributed by atoms with Gasteiger partial charge in [0, 0.05) is 42.3 Å². The average Bonchev–Trinajstić information content (AvgIpc) is 2.96. The molecule has 0 saturated carbocycles. The number of nitrogens with zero attached hydrogens (tertiary/aromatic N) is 3. The first kappa shape index (κ1) is 27.6. The van der Waals surface area contributed by atoms with Crippen molar-refractivity contribution in [1.82, 2.24) is 14.2 Å². The smallest absolute Gasteiger partial charge is 0.255 e. The van der Waals surface area contributed by atoms with Crippen LogP contribution in [0.1, 0.15) is 12.8 Å². The lowest BCUT2D eigenvalue weighted by atomic mass is 10.0. The van der Waals surface area contributed by atoms with Crippen molar-refractivity contribution in [2.24, 2.45) is 0 Å². The molecule has 2 amide bonds. The van der Waals surface area contributed by atoms with E-state index >= 15 is 0 Å². The highest BCUT2D eigenvalue weighted by atomic mass is 35.5. The Morgan fingerprint density at radius 2 is 1.68 bits per heavy atom. The monoisotopic (exact) mass is 578 g/mol. The van der Waals surface area contributed by atoms with Gasteiger partial charge in [0.25, 0.3) is 5.56 Å². The number of amides is 2. The van der Waals surface area contributed by atoms with Gasteiger partial charge < -0.3 is 10.2 Å². The van der Waals surface area contributed by atoms with Gasteiger partial charge in [0.2, 0.25) is 21.8 Å². The van der Waals surface area contributed by atoms with Crippen molar-refractivity contribution in [3.8, 4) is 5.69 Å². The minimum atomic E-state index is -4.24. The van der Waals surface area contributed by atoms with Gasteiger partial charge in [-0.05, 0) is 78.2 Å². The summed E-state index contributed by atoms with van der Waals surface area (Å²) < 4.78 is 30.3. The minimum Gasteiger partial charge on any atom is -0.358 e. The molecular formula is C29H27ClN4O5S.